The van der Waals surface area contributed by atoms with E-state index in [1.54, 1.807) is 6.20 Å². The van der Waals surface area contributed by atoms with Gasteiger partial charge in [-0.05, 0) is 25.0 Å². The van der Waals surface area contributed by atoms with E-state index in [2.05, 4.69) is 36.3 Å². The number of hydrogen-bond donors (Lipinski definition) is 1. The van der Waals surface area contributed by atoms with Crippen LogP contribution >= 0.6 is 0 Å². The third-order valence-electron chi connectivity index (χ3n) is 3.37. The van der Waals surface area contributed by atoms with Crippen LogP contribution in [-0.4, -0.2) is 24.2 Å². The first-order chi connectivity index (χ1) is 9.35. The van der Waals surface area contributed by atoms with Crippen LogP contribution in [0.2, 0.25) is 0 Å². The van der Waals surface area contributed by atoms with Gasteiger partial charge in [0.25, 0.3) is 0 Å². The molecule has 0 aliphatic carbocycles. The van der Waals surface area contributed by atoms with Crippen LogP contribution in [0.5, 0.6) is 5.75 Å². The zero-order chi connectivity index (χ0) is 13.5. The second-order valence-electron chi connectivity index (χ2n) is 4.65. The van der Waals surface area contributed by atoms with E-state index < -0.39 is 0 Å². The van der Waals surface area contributed by atoms with Gasteiger partial charge in [-0.15, -0.1) is 0 Å². The minimum Gasteiger partial charge on any atom is -0.490 e. The van der Waals surface area contributed by atoms with Crippen LogP contribution in [0.1, 0.15) is 26.7 Å². The van der Waals surface area contributed by atoms with E-state index >= 15 is 0 Å². The van der Waals surface area contributed by atoms with E-state index in [-0.39, 0.29) is 0 Å². The van der Waals surface area contributed by atoms with Gasteiger partial charge in [-0.3, -0.25) is 4.98 Å². The van der Waals surface area contributed by atoms with Crippen molar-refractivity contribution in [1.82, 2.24) is 10.3 Å². The zero-order valence-corrected chi connectivity index (χ0v) is 11.7. The van der Waals surface area contributed by atoms with Gasteiger partial charge in [-0.1, -0.05) is 32.0 Å². The number of hydrogen-bond acceptors (Lipinski definition) is 3. The van der Waals surface area contributed by atoms with E-state index in [0.717, 1.165) is 36.0 Å². The molecule has 102 valence electrons. The number of benzene rings is 1. The van der Waals surface area contributed by atoms with Gasteiger partial charge in [-0.25, -0.2) is 0 Å². The Morgan fingerprint density at radius 2 is 1.95 bits per heavy atom. The van der Waals surface area contributed by atoms with Gasteiger partial charge in [0.05, 0.1) is 0 Å². The first kappa shape index (κ1) is 13.8. The molecule has 1 N–H and O–H groups in total. The van der Waals surface area contributed by atoms with Crippen molar-refractivity contribution in [1.29, 1.82) is 0 Å². The van der Waals surface area contributed by atoms with Gasteiger partial charge in [0.1, 0.15) is 17.9 Å². The topological polar surface area (TPSA) is 34.1 Å². The quantitative estimate of drug-likeness (QED) is 0.773. The lowest BCUT2D eigenvalue weighted by Crippen LogP contribution is -2.31. The van der Waals surface area contributed by atoms with Crippen molar-refractivity contribution >= 4 is 10.9 Å². The molecule has 0 saturated carbocycles. The summed E-state index contributed by atoms with van der Waals surface area (Å²) in [5, 5.41) is 4.61. The van der Waals surface area contributed by atoms with Crippen molar-refractivity contribution in [2.45, 2.75) is 32.7 Å². The molecule has 19 heavy (non-hydrogen) atoms. The Hall–Kier alpha value is -1.61. The molecule has 0 bridgehead atoms. The van der Waals surface area contributed by atoms with Gasteiger partial charge in [0.15, 0.2) is 0 Å². The summed E-state index contributed by atoms with van der Waals surface area (Å²) in [6.07, 6.45) is 4.12. The molecule has 3 nitrogen and oxygen atoms in total. The first-order valence-corrected chi connectivity index (χ1v) is 7.05. The monoisotopic (exact) mass is 258 g/mol. The summed E-state index contributed by atoms with van der Waals surface area (Å²) in [7, 11) is 0. The fourth-order valence-corrected chi connectivity index (χ4v) is 2.19. The molecule has 0 atom stereocenters. The van der Waals surface area contributed by atoms with Crippen molar-refractivity contribution in [2.75, 3.05) is 13.2 Å². The SMILES string of the molecule is CCC(CC)NCCOc1cccc2cccnc12. The lowest BCUT2D eigenvalue weighted by Gasteiger charge is -2.15. The number of fused-ring (bicyclic) bond motifs is 1. The van der Waals surface area contributed by atoms with E-state index in [9.17, 15) is 0 Å². The predicted molar refractivity (Wildman–Crippen MR) is 79.6 cm³/mol. The van der Waals surface area contributed by atoms with Crippen molar-refractivity contribution in [3.8, 4) is 5.75 Å². The van der Waals surface area contributed by atoms with Crippen LogP contribution in [0.4, 0.5) is 0 Å². The molecule has 0 aliphatic rings. The molecule has 1 heterocycles. The molecule has 0 amide bonds. The molecule has 1 aromatic carbocycles. The molecule has 0 saturated heterocycles. The lowest BCUT2D eigenvalue weighted by molar-refractivity contribution is 0.305. The van der Waals surface area contributed by atoms with Crippen LogP contribution < -0.4 is 10.1 Å². The van der Waals surface area contributed by atoms with Crippen LogP contribution in [0.25, 0.3) is 10.9 Å². The van der Waals surface area contributed by atoms with E-state index in [1.165, 1.54) is 0 Å². The highest BCUT2D eigenvalue weighted by molar-refractivity contribution is 5.84. The summed E-state index contributed by atoms with van der Waals surface area (Å²) >= 11 is 0. The number of nitrogens with one attached hydrogen (secondary N) is 1. The first-order valence-electron chi connectivity index (χ1n) is 7.05. The van der Waals surface area contributed by atoms with Crippen LogP contribution in [0, 0.1) is 0 Å². The number of ether oxygens (including phenoxy) is 1. The average Bonchev–Trinajstić information content (AvgIpc) is 2.47. The highest BCUT2D eigenvalue weighted by Gasteiger charge is 2.04. The number of nitrogens with zero attached hydrogens (tertiary/aromatic N) is 1. The van der Waals surface area contributed by atoms with Crippen molar-refractivity contribution in [3.05, 3.63) is 36.5 Å². The van der Waals surface area contributed by atoms with E-state index in [0.29, 0.717) is 12.6 Å². The summed E-state index contributed by atoms with van der Waals surface area (Å²) in [6.45, 7) is 5.95. The van der Waals surface area contributed by atoms with Gasteiger partial charge in [-0.2, -0.15) is 0 Å². The second-order valence-corrected chi connectivity index (χ2v) is 4.65. The maximum Gasteiger partial charge on any atom is 0.145 e. The van der Waals surface area contributed by atoms with Crippen LogP contribution in [-0.2, 0) is 0 Å². The fourth-order valence-electron chi connectivity index (χ4n) is 2.19. The number of para-hydroxylation sites is 1. The van der Waals surface area contributed by atoms with Crippen molar-refractivity contribution in [3.63, 3.8) is 0 Å². The molecule has 2 aromatic rings. The standard InChI is InChI=1S/C16H22N2O/c1-3-14(4-2)17-11-12-19-15-9-5-7-13-8-6-10-18-16(13)15/h5-10,14,17H,3-4,11-12H2,1-2H3. The largest absolute Gasteiger partial charge is 0.490 e. The van der Waals surface area contributed by atoms with Crippen molar-refractivity contribution in [2.24, 2.45) is 0 Å². The smallest absolute Gasteiger partial charge is 0.145 e. The van der Waals surface area contributed by atoms with E-state index in [4.69, 9.17) is 4.74 Å². The van der Waals surface area contributed by atoms with Gasteiger partial charge >= 0.3 is 0 Å². The summed E-state index contributed by atoms with van der Waals surface area (Å²) in [5.74, 6) is 0.865. The zero-order valence-electron chi connectivity index (χ0n) is 11.7. The van der Waals surface area contributed by atoms with Gasteiger partial charge in [0.2, 0.25) is 0 Å². The Morgan fingerprint density at radius 1 is 1.16 bits per heavy atom. The van der Waals surface area contributed by atoms with Gasteiger partial charge in [0, 0.05) is 24.2 Å². The molecule has 0 fully saturated rings. The minimum atomic E-state index is 0.592. The minimum absolute atomic E-state index is 0.592. The summed E-state index contributed by atoms with van der Waals surface area (Å²) in [4.78, 5) is 4.38. The maximum absolute atomic E-state index is 5.83. The van der Waals surface area contributed by atoms with Crippen molar-refractivity contribution < 1.29 is 4.74 Å². The molecular formula is C16H22N2O. The Bertz CT molecular complexity index is 504. The number of pyridine rings is 1. The normalized spacial score (nSPS) is 11.1. The molecule has 1 aromatic heterocycles. The highest BCUT2D eigenvalue weighted by atomic mass is 16.5. The predicted octanol–water partition coefficient (Wildman–Crippen LogP) is 3.39. The number of rotatable bonds is 7. The molecule has 0 aliphatic heterocycles. The molecule has 2 rings (SSSR count). The molecule has 0 spiro atoms. The summed E-state index contributed by atoms with van der Waals surface area (Å²) in [5.41, 5.74) is 0.938. The highest BCUT2D eigenvalue weighted by Crippen LogP contribution is 2.22. The Kier molecular flexibility index (Phi) is 5.16. The second kappa shape index (κ2) is 7.10. The Labute approximate surface area is 115 Å². The average molecular weight is 258 g/mol. The third kappa shape index (κ3) is 3.67. The molecule has 0 radical (unpaired) electrons. The lowest BCUT2D eigenvalue weighted by atomic mass is 10.2. The van der Waals surface area contributed by atoms with E-state index in [1.807, 2.05) is 18.2 Å². The Morgan fingerprint density at radius 3 is 2.74 bits per heavy atom. The molecular weight excluding hydrogens is 236 g/mol. The molecule has 0 unspecified atom stereocenters. The Balaban J connectivity index is 1.91. The number of aromatic nitrogens is 1. The van der Waals surface area contributed by atoms with Crippen LogP contribution in [0.15, 0.2) is 36.5 Å². The maximum atomic E-state index is 5.83. The fraction of sp³-hybridized carbons (Fsp3) is 0.438. The summed E-state index contributed by atoms with van der Waals surface area (Å²) in [6, 6.07) is 10.6. The van der Waals surface area contributed by atoms with Crippen LogP contribution in [0.3, 0.4) is 0 Å². The molecule has 3 heteroatoms. The summed E-state index contributed by atoms with van der Waals surface area (Å²) < 4.78 is 5.83. The third-order valence-corrected chi connectivity index (χ3v) is 3.37. The van der Waals surface area contributed by atoms with Gasteiger partial charge < -0.3 is 10.1 Å².